The predicted octanol–water partition coefficient (Wildman–Crippen LogP) is 3.86. The molecule has 7 nitrogen and oxygen atoms in total. The van der Waals surface area contributed by atoms with Crippen LogP contribution in [-0.2, 0) is 30.7 Å². The van der Waals surface area contributed by atoms with Gasteiger partial charge in [0.1, 0.15) is 5.25 Å². The fraction of sp³-hybridized carbons (Fsp3) is 0.591. The standard InChI is InChI=1S/C22H31NO6S/c1-2-3-4-5-6-9-17-10-7-8-11-19(17)23-30(26,27)20-12-13-22(28-14-15-29-22)16-18(20)21(24)25/h7-8,10-11,16,20,23H,2-6,9,12-15H2,1H3,(H,24,25). The van der Waals surface area contributed by atoms with Gasteiger partial charge in [-0.3, -0.25) is 4.72 Å². The van der Waals surface area contributed by atoms with Crippen molar-refractivity contribution in [1.82, 2.24) is 0 Å². The molecule has 1 aromatic rings. The van der Waals surface area contributed by atoms with Gasteiger partial charge in [-0.1, -0.05) is 50.8 Å². The van der Waals surface area contributed by atoms with Crippen LogP contribution in [0.2, 0.25) is 0 Å². The Kier molecular flexibility index (Phi) is 7.55. The number of anilines is 1. The molecule has 0 radical (unpaired) electrons. The molecule has 1 saturated heterocycles. The molecule has 1 atom stereocenters. The Morgan fingerprint density at radius 3 is 2.57 bits per heavy atom. The van der Waals surface area contributed by atoms with Crippen molar-refractivity contribution in [3.8, 4) is 0 Å². The summed E-state index contributed by atoms with van der Waals surface area (Å²) in [5.41, 5.74) is 1.24. The van der Waals surface area contributed by atoms with Gasteiger partial charge in [0, 0.05) is 6.42 Å². The molecule has 1 aliphatic heterocycles. The van der Waals surface area contributed by atoms with E-state index in [9.17, 15) is 18.3 Å². The van der Waals surface area contributed by atoms with E-state index >= 15 is 0 Å². The van der Waals surface area contributed by atoms with E-state index in [1.54, 1.807) is 12.1 Å². The number of hydrogen-bond donors (Lipinski definition) is 2. The Labute approximate surface area is 178 Å². The summed E-state index contributed by atoms with van der Waals surface area (Å²) in [5, 5.41) is 8.49. The third kappa shape index (κ3) is 5.42. The van der Waals surface area contributed by atoms with Crippen molar-refractivity contribution in [2.45, 2.75) is 69.3 Å². The van der Waals surface area contributed by atoms with Gasteiger partial charge in [0.05, 0.1) is 24.5 Å². The van der Waals surface area contributed by atoms with E-state index in [-0.39, 0.29) is 12.0 Å². The number of carboxylic acids is 1. The average Bonchev–Trinajstić information content (AvgIpc) is 3.16. The first-order valence-electron chi connectivity index (χ1n) is 10.7. The van der Waals surface area contributed by atoms with E-state index in [2.05, 4.69) is 11.6 Å². The smallest absolute Gasteiger partial charge is 0.332 e. The van der Waals surface area contributed by atoms with Gasteiger partial charge in [0.15, 0.2) is 5.79 Å². The zero-order chi connectivity index (χ0) is 21.6. The van der Waals surface area contributed by atoms with Crippen LogP contribution in [0.3, 0.4) is 0 Å². The monoisotopic (exact) mass is 437 g/mol. The van der Waals surface area contributed by atoms with Gasteiger partial charge in [0.2, 0.25) is 10.0 Å². The van der Waals surface area contributed by atoms with Gasteiger partial charge >= 0.3 is 5.97 Å². The Morgan fingerprint density at radius 1 is 1.17 bits per heavy atom. The number of nitrogens with one attached hydrogen (secondary N) is 1. The van der Waals surface area contributed by atoms with Crippen LogP contribution >= 0.6 is 0 Å². The number of aryl methyl sites for hydroxylation is 1. The fourth-order valence-corrected chi connectivity index (χ4v) is 5.67. The van der Waals surface area contributed by atoms with Crippen molar-refractivity contribution in [3.05, 3.63) is 41.5 Å². The second-order valence-corrected chi connectivity index (χ2v) is 9.77. The molecule has 1 aliphatic carbocycles. The van der Waals surface area contributed by atoms with Crippen LogP contribution in [0.4, 0.5) is 5.69 Å². The summed E-state index contributed by atoms with van der Waals surface area (Å²) in [6.07, 6.45) is 8.16. The summed E-state index contributed by atoms with van der Waals surface area (Å²) in [7, 11) is -3.95. The second kappa shape index (κ2) is 9.94. The summed E-state index contributed by atoms with van der Waals surface area (Å²) in [4.78, 5) is 11.8. The maximum Gasteiger partial charge on any atom is 0.332 e. The van der Waals surface area contributed by atoms with Crippen LogP contribution in [0, 0.1) is 0 Å². The van der Waals surface area contributed by atoms with Crippen LogP contribution in [-0.4, -0.2) is 43.7 Å². The lowest BCUT2D eigenvalue weighted by atomic mass is 9.94. The number of rotatable bonds is 10. The summed E-state index contributed by atoms with van der Waals surface area (Å²) in [5.74, 6) is -2.39. The molecule has 1 spiro atoms. The summed E-state index contributed by atoms with van der Waals surface area (Å²) in [6.45, 7) is 2.90. The number of sulfonamides is 1. The van der Waals surface area contributed by atoms with Crippen LogP contribution in [0.25, 0.3) is 0 Å². The highest BCUT2D eigenvalue weighted by Crippen LogP contribution is 2.37. The molecule has 2 aliphatic rings. The molecule has 166 valence electrons. The third-order valence-corrected chi connectivity index (χ3v) is 7.44. The van der Waals surface area contributed by atoms with Crippen LogP contribution in [0.15, 0.2) is 35.9 Å². The SMILES string of the molecule is CCCCCCCc1ccccc1NS(=O)(=O)C1CCC2(C=C1C(=O)O)OCCO2. The molecule has 0 saturated carbocycles. The topological polar surface area (TPSA) is 102 Å². The largest absolute Gasteiger partial charge is 0.478 e. The van der Waals surface area contributed by atoms with Crippen molar-refractivity contribution in [2.75, 3.05) is 17.9 Å². The number of unbranched alkanes of at least 4 members (excludes halogenated alkanes) is 4. The molecular weight excluding hydrogens is 406 g/mol. The van der Waals surface area contributed by atoms with Crippen LogP contribution in [0.1, 0.15) is 57.4 Å². The van der Waals surface area contributed by atoms with Gasteiger partial charge in [-0.05, 0) is 37.0 Å². The summed E-state index contributed by atoms with van der Waals surface area (Å²) in [6, 6.07) is 7.32. The normalized spacial score (nSPS) is 20.8. The molecule has 8 heteroatoms. The van der Waals surface area contributed by atoms with Crippen molar-refractivity contribution in [2.24, 2.45) is 0 Å². The van der Waals surface area contributed by atoms with Crippen molar-refractivity contribution >= 4 is 21.7 Å². The van der Waals surface area contributed by atoms with Crippen LogP contribution in [0.5, 0.6) is 0 Å². The van der Waals surface area contributed by atoms with E-state index in [1.165, 1.54) is 25.3 Å². The van der Waals surface area contributed by atoms with Crippen molar-refractivity contribution in [1.29, 1.82) is 0 Å². The highest BCUT2D eigenvalue weighted by Gasteiger charge is 2.45. The Balaban J connectivity index is 1.75. The van der Waals surface area contributed by atoms with Crippen molar-refractivity contribution in [3.63, 3.8) is 0 Å². The molecule has 1 aromatic carbocycles. The van der Waals surface area contributed by atoms with E-state index in [0.29, 0.717) is 25.3 Å². The quantitative estimate of drug-likeness (QED) is 0.539. The lowest BCUT2D eigenvalue weighted by molar-refractivity contribution is -0.138. The molecule has 1 fully saturated rings. The minimum Gasteiger partial charge on any atom is -0.478 e. The lowest BCUT2D eigenvalue weighted by Crippen LogP contribution is -2.41. The molecule has 30 heavy (non-hydrogen) atoms. The number of ether oxygens (including phenoxy) is 2. The Hall–Kier alpha value is -1.90. The van der Waals surface area contributed by atoms with E-state index < -0.39 is 27.0 Å². The predicted molar refractivity (Wildman–Crippen MR) is 115 cm³/mol. The number of carboxylic acid groups (broad SMARTS) is 1. The molecule has 2 N–H and O–H groups in total. The Morgan fingerprint density at radius 2 is 1.87 bits per heavy atom. The van der Waals surface area contributed by atoms with Crippen LogP contribution < -0.4 is 4.72 Å². The fourth-order valence-electron chi connectivity index (χ4n) is 4.09. The van der Waals surface area contributed by atoms with Gasteiger partial charge < -0.3 is 14.6 Å². The molecule has 0 amide bonds. The number of benzene rings is 1. The first kappa shape index (κ1) is 22.8. The molecule has 3 rings (SSSR count). The molecular formula is C22H31NO6S. The highest BCUT2D eigenvalue weighted by molar-refractivity contribution is 7.93. The number of hydrogen-bond acceptors (Lipinski definition) is 5. The minimum atomic E-state index is -3.95. The van der Waals surface area contributed by atoms with Gasteiger partial charge in [-0.2, -0.15) is 0 Å². The molecule has 1 unspecified atom stereocenters. The minimum absolute atomic E-state index is 0.118. The molecule has 0 bridgehead atoms. The maximum atomic E-state index is 13.1. The highest BCUT2D eigenvalue weighted by atomic mass is 32.2. The Bertz CT molecular complexity index is 873. The number of aliphatic carboxylic acids is 1. The number of carbonyl (C=O) groups is 1. The lowest BCUT2D eigenvalue weighted by Gasteiger charge is -2.32. The van der Waals surface area contributed by atoms with E-state index in [4.69, 9.17) is 9.47 Å². The summed E-state index contributed by atoms with van der Waals surface area (Å²) >= 11 is 0. The van der Waals surface area contributed by atoms with Crippen molar-refractivity contribution < 1.29 is 27.8 Å². The van der Waals surface area contributed by atoms with E-state index in [0.717, 1.165) is 24.8 Å². The zero-order valence-electron chi connectivity index (χ0n) is 17.4. The van der Waals surface area contributed by atoms with E-state index in [1.807, 2.05) is 12.1 Å². The van der Waals surface area contributed by atoms with Gasteiger partial charge in [-0.25, -0.2) is 13.2 Å². The maximum absolute atomic E-state index is 13.1. The first-order valence-corrected chi connectivity index (χ1v) is 12.2. The number of para-hydroxylation sites is 1. The molecule has 0 aromatic heterocycles. The summed E-state index contributed by atoms with van der Waals surface area (Å²) < 4.78 is 40.1. The van der Waals surface area contributed by atoms with Gasteiger partial charge in [0.25, 0.3) is 0 Å². The third-order valence-electron chi connectivity index (χ3n) is 5.69. The molecule has 1 heterocycles. The average molecular weight is 438 g/mol. The zero-order valence-corrected chi connectivity index (χ0v) is 18.2. The second-order valence-electron chi connectivity index (χ2n) is 7.91. The van der Waals surface area contributed by atoms with Gasteiger partial charge in [-0.15, -0.1) is 0 Å². The first-order chi connectivity index (χ1) is 14.4.